The van der Waals surface area contributed by atoms with E-state index in [1.807, 2.05) is 49.4 Å². The lowest BCUT2D eigenvalue weighted by molar-refractivity contribution is 0.102. The molecule has 3 aromatic carbocycles. The van der Waals surface area contributed by atoms with Crippen LogP contribution in [-0.4, -0.2) is 20.9 Å². The number of aryl methyl sites for hydroxylation is 1. The highest BCUT2D eigenvalue weighted by Crippen LogP contribution is 2.34. The lowest BCUT2D eigenvalue weighted by Crippen LogP contribution is -2.15. The Hall–Kier alpha value is -4.25. The number of hydrogen-bond donors (Lipinski definition) is 2. The van der Waals surface area contributed by atoms with Crippen molar-refractivity contribution in [2.75, 3.05) is 5.32 Å². The van der Waals surface area contributed by atoms with Gasteiger partial charge in [0, 0.05) is 27.9 Å². The minimum Gasteiger partial charge on any atom is -0.339 e. The Balaban J connectivity index is 1.47. The van der Waals surface area contributed by atoms with E-state index in [4.69, 9.17) is 0 Å². The Morgan fingerprint density at radius 3 is 2.31 bits per heavy atom. The van der Waals surface area contributed by atoms with E-state index >= 15 is 0 Å². The number of nitrogens with zero attached hydrogens (tertiary/aromatic N) is 2. The summed E-state index contributed by atoms with van der Waals surface area (Å²) in [5, 5.41) is 4.03. The Morgan fingerprint density at radius 1 is 0.889 bits per heavy atom. The van der Waals surface area contributed by atoms with Crippen molar-refractivity contribution in [1.82, 2.24) is 15.0 Å². The highest BCUT2D eigenvalue weighted by atomic mass is 16.1. The molecular formula is C31H30N4O. The van der Waals surface area contributed by atoms with E-state index in [2.05, 4.69) is 78.3 Å². The third kappa shape index (κ3) is 4.52. The molecule has 180 valence electrons. The third-order valence-electron chi connectivity index (χ3n) is 6.64. The Morgan fingerprint density at radius 2 is 1.61 bits per heavy atom. The molecule has 0 spiro atoms. The first-order chi connectivity index (χ1) is 17.2. The second kappa shape index (κ2) is 9.08. The largest absolute Gasteiger partial charge is 0.339 e. The summed E-state index contributed by atoms with van der Waals surface area (Å²) in [6, 6.07) is 24.2. The van der Waals surface area contributed by atoms with Crippen molar-refractivity contribution >= 4 is 22.6 Å². The first kappa shape index (κ1) is 23.5. The molecule has 1 amide bonds. The van der Waals surface area contributed by atoms with Crippen LogP contribution in [0.5, 0.6) is 0 Å². The molecule has 0 unspecified atom stereocenters. The number of benzene rings is 3. The second-order valence-electron chi connectivity index (χ2n) is 10.3. The molecule has 0 bridgehead atoms. The van der Waals surface area contributed by atoms with Gasteiger partial charge in [-0.05, 0) is 60.2 Å². The van der Waals surface area contributed by atoms with Crippen LogP contribution in [0.1, 0.15) is 47.8 Å². The molecule has 5 aromatic rings. The van der Waals surface area contributed by atoms with Gasteiger partial charge in [-0.2, -0.15) is 0 Å². The van der Waals surface area contributed by atoms with Crippen molar-refractivity contribution in [3.05, 3.63) is 101 Å². The molecule has 0 saturated carbocycles. The number of rotatable bonds is 4. The Labute approximate surface area is 211 Å². The normalized spacial score (nSPS) is 11.6. The fourth-order valence-corrected chi connectivity index (χ4v) is 4.39. The predicted molar refractivity (Wildman–Crippen MR) is 147 cm³/mol. The smallest absolute Gasteiger partial charge is 0.255 e. The first-order valence-corrected chi connectivity index (χ1v) is 12.1. The van der Waals surface area contributed by atoms with Gasteiger partial charge in [0.1, 0.15) is 12.0 Å². The fraction of sp³-hybridized carbons (Fsp3) is 0.194. The van der Waals surface area contributed by atoms with Crippen molar-refractivity contribution < 1.29 is 4.79 Å². The van der Waals surface area contributed by atoms with Crippen LogP contribution in [-0.2, 0) is 5.41 Å². The number of hydrogen-bond acceptors (Lipinski definition) is 3. The molecule has 0 radical (unpaired) electrons. The standard InChI is InChI=1S/C31H30N4O/c1-19-9-11-21(12-10-19)27-17-25-28(32-18-33-29(25)34-27)24-7-6-8-26(20(24)2)35-30(36)22-13-15-23(16-14-22)31(3,4)5/h6-18H,1-5H3,(H,35,36)(H,32,33,34). The molecule has 5 nitrogen and oxygen atoms in total. The van der Waals surface area contributed by atoms with E-state index in [0.717, 1.165) is 44.8 Å². The quantitative estimate of drug-likeness (QED) is 0.284. The summed E-state index contributed by atoms with van der Waals surface area (Å²) in [4.78, 5) is 25.5. The van der Waals surface area contributed by atoms with E-state index < -0.39 is 0 Å². The molecule has 2 heterocycles. The maximum absolute atomic E-state index is 13.0. The average molecular weight is 475 g/mol. The molecule has 0 atom stereocenters. The van der Waals surface area contributed by atoms with Crippen LogP contribution < -0.4 is 5.32 Å². The first-order valence-electron chi connectivity index (χ1n) is 12.1. The van der Waals surface area contributed by atoms with E-state index in [-0.39, 0.29) is 11.3 Å². The van der Waals surface area contributed by atoms with Crippen molar-refractivity contribution in [2.45, 2.75) is 40.0 Å². The SMILES string of the molecule is Cc1ccc(-c2cc3c(-c4cccc(NC(=O)c5ccc(C(C)(C)C)cc5)c4C)ncnc3[nH]2)cc1. The molecule has 0 aliphatic rings. The maximum atomic E-state index is 13.0. The zero-order chi connectivity index (χ0) is 25.4. The number of fused-ring (bicyclic) bond motifs is 1. The summed E-state index contributed by atoms with van der Waals surface area (Å²) in [7, 11) is 0. The van der Waals surface area contributed by atoms with Crippen LogP contribution in [0.4, 0.5) is 5.69 Å². The van der Waals surface area contributed by atoms with Crippen molar-refractivity contribution in [2.24, 2.45) is 0 Å². The van der Waals surface area contributed by atoms with Gasteiger partial charge in [-0.3, -0.25) is 4.79 Å². The summed E-state index contributed by atoms with van der Waals surface area (Å²) >= 11 is 0. The second-order valence-corrected chi connectivity index (χ2v) is 10.3. The fourth-order valence-electron chi connectivity index (χ4n) is 4.39. The monoisotopic (exact) mass is 474 g/mol. The van der Waals surface area contributed by atoms with Gasteiger partial charge in [0.2, 0.25) is 0 Å². The Bertz CT molecular complexity index is 1560. The number of anilines is 1. The van der Waals surface area contributed by atoms with Crippen LogP contribution in [0.15, 0.2) is 79.1 Å². The molecule has 2 aromatic heterocycles. The lowest BCUT2D eigenvalue weighted by Gasteiger charge is -2.19. The molecule has 2 N–H and O–H groups in total. The predicted octanol–water partition coefficient (Wildman–Crippen LogP) is 7.46. The molecule has 5 rings (SSSR count). The number of carbonyl (C=O) groups excluding carboxylic acids is 1. The van der Waals surface area contributed by atoms with E-state index in [1.165, 1.54) is 11.1 Å². The topological polar surface area (TPSA) is 70.7 Å². The molecule has 5 heteroatoms. The van der Waals surface area contributed by atoms with Gasteiger partial charge in [-0.15, -0.1) is 0 Å². The van der Waals surface area contributed by atoms with Crippen molar-refractivity contribution in [3.8, 4) is 22.5 Å². The summed E-state index contributed by atoms with van der Waals surface area (Å²) in [5.41, 5.74) is 9.46. The molecule has 0 fully saturated rings. The van der Waals surface area contributed by atoms with Gasteiger partial charge >= 0.3 is 0 Å². The summed E-state index contributed by atoms with van der Waals surface area (Å²) in [6.07, 6.45) is 1.58. The maximum Gasteiger partial charge on any atom is 0.255 e. The molecule has 0 aliphatic carbocycles. The van der Waals surface area contributed by atoms with Crippen LogP contribution in [0, 0.1) is 13.8 Å². The number of aromatic nitrogens is 3. The number of amides is 1. The lowest BCUT2D eigenvalue weighted by atomic mass is 9.86. The average Bonchev–Trinajstić information content (AvgIpc) is 3.30. The van der Waals surface area contributed by atoms with Crippen LogP contribution >= 0.6 is 0 Å². The van der Waals surface area contributed by atoms with Gasteiger partial charge in [0.15, 0.2) is 0 Å². The molecule has 0 aliphatic heterocycles. The number of H-pyrrole nitrogens is 1. The highest BCUT2D eigenvalue weighted by Gasteiger charge is 2.17. The van der Waals surface area contributed by atoms with Crippen molar-refractivity contribution in [3.63, 3.8) is 0 Å². The van der Waals surface area contributed by atoms with Crippen LogP contribution in [0.25, 0.3) is 33.5 Å². The van der Waals surface area contributed by atoms with Crippen molar-refractivity contribution in [1.29, 1.82) is 0 Å². The summed E-state index contributed by atoms with van der Waals surface area (Å²) in [5.74, 6) is -0.133. The van der Waals surface area contributed by atoms with Gasteiger partial charge in [0.05, 0.1) is 5.69 Å². The zero-order valence-electron chi connectivity index (χ0n) is 21.3. The van der Waals surface area contributed by atoms with Gasteiger partial charge in [0.25, 0.3) is 5.91 Å². The number of aromatic amines is 1. The van der Waals surface area contributed by atoms with E-state index in [9.17, 15) is 4.79 Å². The highest BCUT2D eigenvalue weighted by molar-refractivity contribution is 6.05. The molecular weight excluding hydrogens is 444 g/mol. The minimum absolute atomic E-state index is 0.0420. The minimum atomic E-state index is -0.133. The number of carbonyl (C=O) groups is 1. The van der Waals surface area contributed by atoms with Gasteiger partial charge < -0.3 is 10.3 Å². The Kier molecular flexibility index (Phi) is 5.92. The zero-order valence-corrected chi connectivity index (χ0v) is 21.3. The third-order valence-corrected chi connectivity index (χ3v) is 6.64. The number of nitrogens with one attached hydrogen (secondary N) is 2. The van der Waals surface area contributed by atoms with Gasteiger partial charge in [-0.1, -0.05) is 74.9 Å². The van der Waals surface area contributed by atoms with Gasteiger partial charge in [-0.25, -0.2) is 9.97 Å². The molecule has 36 heavy (non-hydrogen) atoms. The van der Waals surface area contributed by atoms with Crippen LogP contribution in [0.2, 0.25) is 0 Å². The molecule has 0 saturated heterocycles. The van der Waals surface area contributed by atoms with E-state index in [1.54, 1.807) is 6.33 Å². The van der Waals surface area contributed by atoms with Crippen LogP contribution in [0.3, 0.4) is 0 Å². The summed E-state index contributed by atoms with van der Waals surface area (Å²) < 4.78 is 0. The summed E-state index contributed by atoms with van der Waals surface area (Å²) in [6.45, 7) is 10.6. The van der Waals surface area contributed by atoms with E-state index in [0.29, 0.717) is 5.56 Å².